The largest absolute Gasteiger partial charge is 0.382 e. The van der Waals surface area contributed by atoms with Crippen molar-refractivity contribution >= 4 is 37.7 Å². The highest BCUT2D eigenvalue weighted by Crippen LogP contribution is 2.25. The molecule has 2 aromatic rings. The molecule has 1 aliphatic rings. The molecule has 0 spiro atoms. The number of nitrogen functional groups attached to an aromatic ring is 1. The standard InChI is InChI=1S/C15H16BrN5O3S/c16-11-3-1-2-4-12(11)25(23,24)21-9-7-20(8-10-21)15(22)13-14(17)19-6-5-18-13/h1-6H,7-10H2,(H2,17,19). The normalized spacial score (nSPS) is 16.0. The van der Waals surface area contributed by atoms with Gasteiger partial charge in [0.25, 0.3) is 5.91 Å². The topological polar surface area (TPSA) is 109 Å². The van der Waals surface area contributed by atoms with E-state index < -0.39 is 10.0 Å². The molecule has 10 heteroatoms. The van der Waals surface area contributed by atoms with Crippen molar-refractivity contribution in [3.8, 4) is 0 Å². The van der Waals surface area contributed by atoms with Crippen molar-refractivity contribution in [2.75, 3.05) is 31.9 Å². The van der Waals surface area contributed by atoms with E-state index in [1.165, 1.54) is 21.6 Å². The predicted molar refractivity (Wildman–Crippen MR) is 95.2 cm³/mol. The number of carbonyl (C=O) groups is 1. The maximum absolute atomic E-state index is 12.8. The van der Waals surface area contributed by atoms with Crippen LogP contribution >= 0.6 is 15.9 Å². The van der Waals surface area contributed by atoms with Gasteiger partial charge in [-0.3, -0.25) is 4.79 Å². The number of amides is 1. The Hall–Kier alpha value is -2.04. The van der Waals surface area contributed by atoms with Gasteiger partial charge in [0, 0.05) is 43.0 Å². The van der Waals surface area contributed by atoms with Crippen LogP contribution in [0, 0.1) is 0 Å². The van der Waals surface area contributed by atoms with Gasteiger partial charge < -0.3 is 10.6 Å². The third kappa shape index (κ3) is 3.51. The fourth-order valence-electron chi connectivity index (χ4n) is 2.59. The molecule has 0 aliphatic carbocycles. The Morgan fingerprint density at radius 1 is 1.08 bits per heavy atom. The Bertz CT molecular complexity index is 898. The van der Waals surface area contributed by atoms with Gasteiger partial charge in [0.15, 0.2) is 11.5 Å². The quantitative estimate of drug-likeness (QED) is 0.784. The average Bonchev–Trinajstić information content (AvgIpc) is 2.62. The number of benzene rings is 1. The summed E-state index contributed by atoms with van der Waals surface area (Å²) in [6.45, 7) is 0.933. The summed E-state index contributed by atoms with van der Waals surface area (Å²) >= 11 is 3.27. The number of anilines is 1. The van der Waals surface area contributed by atoms with Gasteiger partial charge >= 0.3 is 0 Å². The molecule has 8 nitrogen and oxygen atoms in total. The number of piperazine rings is 1. The minimum absolute atomic E-state index is 0.0655. The van der Waals surface area contributed by atoms with Gasteiger partial charge in [-0.2, -0.15) is 4.31 Å². The lowest BCUT2D eigenvalue weighted by Crippen LogP contribution is -2.50. The van der Waals surface area contributed by atoms with Crippen molar-refractivity contribution in [1.29, 1.82) is 0 Å². The number of halogens is 1. The van der Waals surface area contributed by atoms with Crippen molar-refractivity contribution in [2.45, 2.75) is 4.90 Å². The number of aromatic nitrogens is 2. The van der Waals surface area contributed by atoms with Crippen LogP contribution in [0.15, 0.2) is 46.0 Å². The Balaban J connectivity index is 1.73. The number of rotatable bonds is 3. The molecule has 0 saturated carbocycles. The Kier molecular flexibility index (Phi) is 5.02. The fourth-order valence-corrected chi connectivity index (χ4v) is 4.97. The molecule has 1 saturated heterocycles. The van der Waals surface area contributed by atoms with E-state index in [9.17, 15) is 13.2 Å². The number of carbonyl (C=O) groups excluding carboxylic acids is 1. The second-order valence-electron chi connectivity index (χ2n) is 5.42. The number of hydrogen-bond donors (Lipinski definition) is 1. The van der Waals surface area contributed by atoms with Gasteiger partial charge in [0.1, 0.15) is 0 Å². The zero-order valence-corrected chi connectivity index (χ0v) is 15.6. The molecule has 1 aromatic heterocycles. The summed E-state index contributed by atoms with van der Waals surface area (Å²) in [5.74, 6) is -0.278. The highest BCUT2D eigenvalue weighted by Gasteiger charge is 2.32. The summed E-state index contributed by atoms with van der Waals surface area (Å²) in [6.07, 6.45) is 2.81. The molecule has 1 amide bonds. The molecule has 2 heterocycles. The molecule has 132 valence electrons. The Morgan fingerprint density at radius 3 is 2.36 bits per heavy atom. The minimum atomic E-state index is -3.62. The van der Waals surface area contributed by atoms with E-state index >= 15 is 0 Å². The lowest BCUT2D eigenvalue weighted by molar-refractivity contribution is 0.0692. The van der Waals surface area contributed by atoms with E-state index in [1.807, 2.05) is 0 Å². The molecule has 1 aromatic carbocycles. The summed E-state index contributed by atoms with van der Waals surface area (Å²) in [5, 5.41) is 0. The lowest BCUT2D eigenvalue weighted by Gasteiger charge is -2.34. The Labute approximate surface area is 153 Å². The van der Waals surface area contributed by atoms with E-state index in [0.717, 1.165) is 0 Å². The highest BCUT2D eigenvalue weighted by atomic mass is 79.9. The first-order chi connectivity index (χ1) is 11.9. The molecule has 0 atom stereocenters. The van der Waals surface area contributed by atoms with Gasteiger partial charge in [0.2, 0.25) is 10.0 Å². The molecule has 1 aliphatic heterocycles. The number of sulfonamides is 1. The molecule has 1 fully saturated rings. The van der Waals surface area contributed by atoms with Crippen molar-refractivity contribution in [3.05, 3.63) is 46.8 Å². The van der Waals surface area contributed by atoms with E-state index in [1.54, 1.807) is 24.3 Å². The third-order valence-electron chi connectivity index (χ3n) is 3.91. The van der Waals surface area contributed by atoms with Crippen LogP contribution in [0.5, 0.6) is 0 Å². The van der Waals surface area contributed by atoms with E-state index in [0.29, 0.717) is 4.47 Å². The first-order valence-electron chi connectivity index (χ1n) is 7.51. The summed E-state index contributed by atoms with van der Waals surface area (Å²) in [4.78, 5) is 22.0. The van der Waals surface area contributed by atoms with Crippen LogP contribution in [-0.2, 0) is 10.0 Å². The van der Waals surface area contributed by atoms with Crippen molar-refractivity contribution in [3.63, 3.8) is 0 Å². The van der Waals surface area contributed by atoms with E-state index in [4.69, 9.17) is 5.73 Å². The van der Waals surface area contributed by atoms with Gasteiger partial charge in [-0.05, 0) is 28.1 Å². The van der Waals surface area contributed by atoms with Gasteiger partial charge in [-0.1, -0.05) is 12.1 Å². The summed E-state index contributed by atoms with van der Waals surface area (Å²) < 4.78 is 27.4. The molecule has 0 bridgehead atoms. The monoisotopic (exact) mass is 425 g/mol. The first-order valence-corrected chi connectivity index (χ1v) is 9.75. The maximum Gasteiger partial charge on any atom is 0.276 e. The van der Waals surface area contributed by atoms with Crippen LogP contribution in [0.3, 0.4) is 0 Å². The first kappa shape index (κ1) is 17.8. The third-order valence-corrected chi connectivity index (χ3v) is 6.82. The highest BCUT2D eigenvalue weighted by molar-refractivity contribution is 9.10. The molecule has 25 heavy (non-hydrogen) atoms. The van der Waals surface area contributed by atoms with Crippen LogP contribution in [0.25, 0.3) is 0 Å². The number of hydrogen-bond acceptors (Lipinski definition) is 6. The van der Waals surface area contributed by atoms with Crippen LogP contribution < -0.4 is 5.73 Å². The maximum atomic E-state index is 12.8. The zero-order chi connectivity index (χ0) is 18.0. The summed E-state index contributed by atoms with van der Waals surface area (Å²) in [7, 11) is -3.62. The van der Waals surface area contributed by atoms with Gasteiger partial charge in [-0.25, -0.2) is 18.4 Å². The van der Waals surface area contributed by atoms with Crippen LogP contribution in [0.1, 0.15) is 10.5 Å². The Morgan fingerprint density at radius 2 is 1.72 bits per heavy atom. The molecular weight excluding hydrogens is 410 g/mol. The molecule has 0 radical (unpaired) electrons. The van der Waals surface area contributed by atoms with Gasteiger partial charge in [-0.15, -0.1) is 0 Å². The molecular formula is C15H16BrN5O3S. The number of nitrogens with two attached hydrogens (primary N) is 1. The van der Waals surface area contributed by atoms with E-state index in [-0.39, 0.29) is 48.5 Å². The predicted octanol–water partition coefficient (Wildman–Crippen LogP) is 0.968. The lowest BCUT2D eigenvalue weighted by atomic mass is 10.3. The SMILES string of the molecule is Nc1nccnc1C(=O)N1CCN(S(=O)(=O)c2ccccc2Br)CC1. The smallest absolute Gasteiger partial charge is 0.276 e. The van der Waals surface area contributed by atoms with Crippen LogP contribution in [0.4, 0.5) is 5.82 Å². The van der Waals surface area contributed by atoms with Gasteiger partial charge in [0.05, 0.1) is 4.90 Å². The number of nitrogens with zero attached hydrogens (tertiary/aromatic N) is 4. The zero-order valence-electron chi connectivity index (χ0n) is 13.2. The van der Waals surface area contributed by atoms with E-state index in [2.05, 4.69) is 25.9 Å². The summed E-state index contributed by atoms with van der Waals surface area (Å²) in [6, 6.07) is 6.67. The molecule has 0 unspecified atom stereocenters. The second-order valence-corrected chi connectivity index (χ2v) is 8.18. The molecule has 2 N–H and O–H groups in total. The minimum Gasteiger partial charge on any atom is -0.382 e. The second kappa shape index (κ2) is 7.06. The summed E-state index contributed by atoms with van der Waals surface area (Å²) in [5.41, 5.74) is 5.77. The van der Waals surface area contributed by atoms with Crippen molar-refractivity contribution in [1.82, 2.24) is 19.2 Å². The van der Waals surface area contributed by atoms with Crippen LogP contribution in [0.2, 0.25) is 0 Å². The molecule has 3 rings (SSSR count). The van der Waals surface area contributed by atoms with Crippen molar-refractivity contribution in [2.24, 2.45) is 0 Å². The fraction of sp³-hybridized carbons (Fsp3) is 0.267. The van der Waals surface area contributed by atoms with Crippen molar-refractivity contribution < 1.29 is 13.2 Å². The average molecular weight is 426 g/mol. The van der Waals surface area contributed by atoms with Crippen LogP contribution in [-0.4, -0.2) is 59.7 Å².